The molecule has 1 amide bonds. The lowest BCUT2D eigenvalue weighted by Gasteiger charge is -2.08. The van der Waals surface area contributed by atoms with Gasteiger partial charge in [-0.1, -0.05) is 30.3 Å². The number of nitrogens with zero attached hydrogens (tertiary/aromatic N) is 1. The lowest BCUT2D eigenvalue weighted by atomic mass is 10.1. The van der Waals surface area contributed by atoms with Gasteiger partial charge in [0.15, 0.2) is 0 Å². The van der Waals surface area contributed by atoms with Crippen LogP contribution in [-0.4, -0.2) is 21.6 Å². The highest BCUT2D eigenvalue weighted by molar-refractivity contribution is 5.89. The molecule has 1 saturated carbocycles. The van der Waals surface area contributed by atoms with Gasteiger partial charge < -0.3 is 15.0 Å². The zero-order valence-corrected chi connectivity index (χ0v) is 13.0. The smallest absolute Gasteiger partial charge is 0.307 e. The Labute approximate surface area is 138 Å². The van der Waals surface area contributed by atoms with E-state index in [9.17, 15) is 14.4 Å². The Hall–Kier alpha value is -2.89. The highest BCUT2D eigenvalue weighted by Gasteiger charge is 2.48. The maximum atomic E-state index is 11.8. The number of hydrogen-bond acceptors (Lipinski definition) is 3. The number of carboxylic acid groups (broad SMARTS) is 1. The minimum atomic E-state index is -0.907. The summed E-state index contributed by atoms with van der Waals surface area (Å²) in [5.41, 5.74) is 1.87. The van der Waals surface area contributed by atoms with E-state index < -0.39 is 17.8 Å². The molecule has 1 aliphatic carbocycles. The molecule has 24 heavy (non-hydrogen) atoms. The first-order valence-corrected chi connectivity index (χ1v) is 7.78. The van der Waals surface area contributed by atoms with Crippen LogP contribution in [0.3, 0.4) is 0 Å². The number of rotatable bonds is 6. The van der Waals surface area contributed by atoms with Crippen LogP contribution in [-0.2, 0) is 22.7 Å². The second kappa shape index (κ2) is 6.70. The summed E-state index contributed by atoms with van der Waals surface area (Å²) in [6.07, 6.45) is 2.16. The molecule has 3 rings (SSSR count). The summed E-state index contributed by atoms with van der Waals surface area (Å²) in [4.78, 5) is 34.3. The fraction of sp³-hybridized carbons (Fsp3) is 0.278. The number of carboxylic acids is 1. The number of pyridine rings is 1. The standard InChI is InChI=1S/C18H18N2O4/c21-16-3-1-2-8-20(16)11-13-6-4-12(5-7-13)10-19-17(22)14-9-15(14)18(23)24/h1-8,14-15H,9-11H2,(H,19,22)(H,23,24)/t14-,15+/m0/s1. The average molecular weight is 326 g/mol. The van der Waals surface area contributed by atoms with Crippen LogP contribution in [0, 0.1) is 11.8 Å². The van der Waals surface area contributed by atoms with Crippen molar-refractivity contribution < 1.29 is 14.7 Å². The Kier molecular flexibility index (Phi) is 4.46. The maximum absolute atomic E-state index is 11.8. The Morgan fingerprint density at radius 2 is 1.79 bits per heavy atom. The second-order valence-electron chi connectivity index (χ2n) is 5.99. The molecule has 0 saturated heterocycles. The van der Waals surface area contributed by atoms with Crippen molar-refractivity contribution in [1.29, 1.82) is 0 Å². The van der Waals surface area contributed by atoms with E-state index in [1.54, 1.807) is 16.8 Å². The molecule has 2 N–H and O–H groups in total. The largest absolute Gasteiger partial charge is 0.481 e. The molecular formula is C18H18N2O4. The molecule has 6 nitrogen and oxygen atoms in total. The normalized spacial score (nSPS) is 18.8. The van der Waals surface area contributed by atoms with Gasteiger partial charge >= 0.3 is 5.97 Å². The van der Waals surface area contributed by atoms with Crippen molar-refractivity contribution in [1.82, 2.24) is 9.88 Å². The van der Waals surface area contributed by atoms with Gasteiger partial charge in [0.1, 0.15) is 0 Å². The molecule has 1 aromatic heterocycles. The van der Waals surface area contributed by atoms with E-state index >= 15 is 0 Å². The Balaban J connectivity index is 1.54. The van der Waals surface area contributed by atoms with E-state index in [-0.39, 0.29) is 11.5 Å². The van der Waals surface area contributed by atoms with Crippen molar-refractivity contribution in [3.05, 3.63) is 70.1 Å². The third kappa shape index (κ3) is 3.71. The number of carbonyl (C=O) groups is 2. The summed E-state index contributed by atoms with van der Waals surface area (Å²) >= 11 is 0. The fourth-order valence-electron chi connectivity index (χ4n) is 2.63. The SMILES string of the molecule is O=C(NCc1ccc(Cn2ccccc2=O)cc1)[C@H]1C[C@H]1C(=O)O. The third-order valence-electron chi connectivity index (χ3n) is 4.19. The number of hydrogen-bond donors (Lipinski definition) is 2. The Morgan fingerprint density at radius 3 is 2.42 bits per heavy atom. The summed E-state index contributed by atoms with van der Waals surface area (Å²) in [7, 11) is 0. The van der Waals surface area contributed by atoms with Crippen molar-refractivity contribution >= 4 is 11.9 Å². The molecule has 0 radical (unpaired) electrons. The number of amides is 1. The molecule has 1 heterocycles. The Bertz CT molecular complexity index is 810. The first-order valence-electron chi connectivity index (χ1n) is 7.78. The minimum absolute atomic E-state index is 0.0498. The number of aliphatic carboxylic acids is 1. The molecule has 0 aliphatic heterocycles. The number of nitrogens with one attached hydrogen (secondary N) is 1. The molecule has 6 heteroatoms. The molecule has 1 aromatic carbocycles. The quantitative estimate of drug-likeness (QED) is 0.836. The van der Waals surface area contributed by atoms with Crippen LogP contribution in [0.1, 0.15) is 17.5 Å². The van der Waals surface area contributed by atoms with Crippen molar-refractivity contribution in [3.8, 4) is 0 Å². The lowest BCUT2D eigenvalue weighted by Crippen LogP contribution is -2.25. The molecule has 2 atom stereocenters. The van der Waals surface area contributed by atoms with Gasteiger partial charge in [-0.15, -0.1) is 0 Å². The van der Waals surface area contributed by atoms with Gasteiger partial charge in [-0.25, -0.2) is 0 Å². The zero-order chi connectivity index (χ0) is 17.1. The monoisotopic (exact) mass is 326 g/mol. The van der Waals surface area contributed by atoms with Crippen molar-refractivity contribution in [2.24, 2.45) is 11.8 Å². The highest BCUT2D eigenvalue weighted by Crippen LogP contribution is 2.38. The van der Waals surface area contributed by atoms with Gasteiger partial charge in [0.2, 0.25) is 5.91 Å². The van der Waals surface area contributed by atoms with Gasteiger partial charge in [0.05, 0.1) is 18.4 Å². The number of benzene rings is 1. The molecule has 1 fully saturated rings. The van der Waals surface area contributed by atoms with Crippen LogP contribution in [0.2, 0.25) is 0 Å². The zero-order valence-electron chi connectivity index (χ0n) is 13.0. The predicted molar refractivity (Wildman–Crippen MR) is 87.3 cm³/mol. The maximum Gasteiger partial charge on any atom is 0.307 e. The van der Waals surface area contributed by atoms with Crippen LogP contribution >= 0.6 is 0 Å². The third-order valence-corrected chi connectivity index (χ3v) is 4.19. The van der Waals surface area contributed by atoms with Crippen molar-refractivity contribution in [2.45, 2.75) is 19.5 Å². The second-order valence-corrected chi connectivity index (χ2v) is 5.99. The van der Waals surface area contributed by atoms with E-state index in [4.69, 9.17) is 5.11 Å². The molecule has 2 aromatic rings. The first-order chi connectivity index (χ1) is 11.5. The van der Waals surface area contributed by atoms with Gasteiger partial charge in [-0.05, 0) is 23.6 Å². The van der Waals surface area contributed by atoms with Gasteiger partial charge in [-0.3, -0.25) is 14.4 Å². The lowest BCUT2D eigenvalue weighted by molar-refractivity contribution is -0.140. The van der Waals surface area contributed by atoms with E-state index in [0.717, 1.165) is 11.1 Å². The summed E-state index contributed by atoms with van der Waals surface area (Å²) in [5, 5.41) is 11.6. The van der Waals surface area contributed by atoms with Crippen LogP contribution in [0.25, 0.3) is 0 Å². The van der Waals surface area contributed by atoms with Crippen molar-refractivity contribution in [3.63, 3.8) is 0 Å². The van der Waals surface area contributed by atoms with Crippen LogP contribution in [0.15, 0.2) is 53.5 Å². The summed E-state index contributed by atoms with van der Waals surface area (Å²) in [6.45, 7) is 0.863. The van der Waals surface area contributed by atoms with Crippen molar-refractivity contribution in [2.75, 3.05) is 0 Å². The summed E-state index contributed by atoms with van der Waals surface area (Å²) in [6, 6.07) is 12.7. The number of aromatic nitrogens is 1. The van der Waals surface area contributed by atoms with E-state index in [2.05, 4.69) is 5.32 Å². The van der Waals surface area contributed by atoms with Gasteiger partial charge in [0, 0.05) is 18.8 Å². The van der Waals surface area contributed by atoms with Crippen LogP contribution < -0.4 is 10.9 Å². The minimum Gasteiger partial charge on any atom is -0.481 e. The summed E-state index contributed by atoms with van der Waals surface area (Å²) in [5.74, 6) is -2.04. The van der Waals surface area contributed by atoms with Crippen LogP contribution in [0.5, 0.6) is 0 Å². The molecule has 0 spiro atoms. The average Bonchev–Trinajstić information content (AvgIpc) is 3.37. The first kappa shape index (κ1) is 16.0. The fourth-order valence-corrected chi connectivity index (χ4v) is 2.63. The van der Waals surface area contributed by atoms with Gasteiger partial charge in [0.25, 0.3) is 5.56 Å². The summed E-state index contributed by atoms with van der Waals surface area (Å²) < 4.78 is 1.62. The molecular weight excluding hydrogens is 308 g/mol. The van der Waals surface area contributed by atoms with E-state index in [1.807, 2.05) is 30.3 Å². The number of carbonyl (C=O) groups excluding carboxylic acids is 1. The van der Waals surface area contributed by atoms with E-state index in [0.29, 0.717) is 19.5 Å². The molecule has 1 aliphatic rings. The van der Waals surface area contributed by atoms with Crippen LogP contribution in [0.4, 0.5) is 0 Å². The molecule has 124 valence electrons. The van der Waals surface area contributed by atoms with E-state index in [1.165, 1.54) is 6.07 Å². The van der Waals surface area contributed by atoms with Gasteiger partial charge in [-0.2, -0.15) is 0 Å². The Morgan fingerprint density at radius 1 is 1.08 bits per heavy atom. The predicted octanol–water partition coefficient (Wildman–Crippen LogP) is 1.23. The topological polar surface area (TPSA) is 88.4 Å². The molecule has 0 unspecified atom stereocenters. The highest BCUT2D eigenvalue weighted by atomic mass is 16.4. The molecule has 0 bridgehead atoms.